The summed E-state index contributed by atoms with van der Waals surface area (Å²) in [6.07, 6.45) is 1.13. The summed E-state index contributed by atoms with van der Waals surface area (Å²) in [6, 6.07) is 0. The molecule has 0 unspecified atom stereocenters. The average Bonchev–Trinajstić information content (AvgIpc) is 3.46. The Morgan fingerprint density at radius 1 is 0.596 bits per heavy atom. The lowest BCUT2D eigenvalue weighted by Gasteiger charge is -2.62. The Labute approximate surface area is 310 Å². The van der Waals surface area contributed by atoms with Gasteiger partial charge in [0.2, 0.25) is 11.6 Å². The van der Waals surface area contributed by atoms with E-state index in [0.29, 0.717) is 43.5 Å². The molecule has 10 rings (SSSR count). The lowest BCUT2D eigenvalue weighted by Crippen LogP contribution is -2.76. The molecule has 16 atom stereocenters. The van der Waals surface area contributed by atoms with E-state index in [2.05, 4.69) is 20.8 Å². The minimum absolute atomic E-state index is 0.0301. The van der Waals surface area contributed by atoms with E-state index in [1.807, 2.05) is 13.8 Å². The molecule has 52 heavy (non-hydrogen) atoms. The van der Waals surface area contributed by atoms with Crippen molar-refractivity contribution in [3.8, 4) is 0 Å². The van der Waals surface area contributed by atoms with Crippen LogP contribution in [0.4, 0.5) is 13.2 Å². The Balaban J connectivity index is 0.839. The summed E-state index contributed by atoms with van der Waals surface area (Å²) >= 11 is 1.68. The molecule has 8 aliphatic heterocycles. The van der Waals surface area contributed by atoms with Gasteiger partial charge < -0.3 is 28.4 Å². The molecule has 0 N–H and O–H groups in total. The highest BCUT2D eigenvalue weighted by Gasteiger charge is 2.77. The molecule has 0 amide bonds. The van der Waals surface area contributed by atoms with Crippen molar-refractivity contribution in [1.29, 1.82) is 0 Å². The monoisotopic (exact) mass is 764 g/mol. The maximum atomic E-state index is 15.1. The molecule has 14 heteroatoms. The molecule has 0 radical (unpaired) electrons. The minimum Gasteiger partial charge on any atom is -0.350 e. The number of fused-ring (bicyclic) bond motifs is 4. The SMILES string of the molecule is C[C@@H]1CC[C@H]2[C@@H](C)[C@@](C)(OCCCSCCCO[C@@]3(C(F)(F)F)O[C@@H]4O[C@@]5(C)CC[C@H]6[C@H](C)CC[C@@H]([C@H]3C)[C@@]46OO5)O[C@@H]3O[C@@]4(C)CC[C@@H]1[C@]32OO4. The van der Waals surface area contributed by atoms with Gasteiger partial charge in [-0.15, -0.1) is 0 Å². The highest BCUT2D eigenvalue weighted by Crippen LogP contribution is 2.65. The first kappa shape index (κ1) is 38.6. The fourth-order valence-corrected chi connectivity index (χ4v) is 12.5. The molecule has 10 aliphatic rings. The van der Waals surface area contributed by atoms with E-state index < -0.39 is 64.9 Å². The quantitative estimate of drug-likeness (QED) is 0.159. The van der Waals surface area contributed by atoms with Gasteiger partial charge in [-0.2, -0.15) is 24.9 Å². The van der Waals surface area contributed by atoms with Gasteiger partial charge in [-0.25, -0.2) is 19.6 Å². The Morgan fingerprint density at radius 2 is 1.10 bits per heavy atom. The maximum Gasteiger partial charge on any atom is 0.443 e. The van der Waals surface area contributed by atoms with Crippen molar-refractivity contribution in [2.45, 2.75) is 166 Å². The number of halogens is 3. The fraction of sp³-hybridized carbons (Fsp3) is 1.00. The number of ether oxygens (including phenoxy) is 6. The van der Waals surface area contributed by atoms with Crippen LogP contribution in [-0.2, 0) is 48.0 Å². The van der Waals surface area contributed by atoms with Crippen LogP contribution in [0.1, 0.15) is 113 Å². The van der Waals surface area contributed by atoms with Gasteiger partial charge >= 0.3 is 6.18 Å². The van der Waals surface area contributed by atoms with Crippen molar-refractivity contribution in [2.24, 2.45) is 47.3 Å². The third-order valence-corrected chi connectivity index (χ3v) is 15.9. The number of rotatable bonds is 10. The molecule has 0 aromatic heterocycles. The Morgan fingerprint density at radius 3 is 1.63 bits per heavy atom. The summed E-state index contributed by atoms with van der Waals surface area (Å²) in [5.41, 5.74) is -1.73. The second-order valence-electron chi connectivity index (χ2n) is 17.8. The van der Waals surface area contributed by atoms with Crippen molar-refractivity contribution in [2.75, 3.05) is 24.7 Å². The van der Waals surface area contributed by atoms with Gasteiger partial charge in [0.1, 0.15) is 0 Å². The van der Waals surface area contributed by atoms with E-state index in [0.717, 1.165) is 50.7 Å². The van der Waals surface area contributed by atoms with Crippen molar-refractivity contribution in [3.05, 3.63) is 0 Å². The Kier molecular flexibility index (Phi) is 9.96. The van der Waals surface area contributed by atoms with Crippen LogP contribution in [-0.4, -0.2) is 77.8 Å². The smallest absolute Gasteiger partial charge is 0.350 e. The molecule has 298 valence electrons. The van der Waals surface area contributed by atoms with Crippen molar-refractivity contribution in [1.82, 2.24) is 0 Å². The first-order valence-electron chi connectivity index (χ1n) is 19.9. The van der Waals surface area contributed by atoms with Crippen molar-refractivity contribution >= 4 is 11.8 Å². The third kappa shape index (κ3) is 5.80. The topological polar surface area (TPSA) is 92.3 Å². The molecule has 2 saturated carbocycles. The van der Waals surface area contributed by atoms with E-state index in [-0.39, 0.29) is 30.3 Å². The van der Waals surface area contributed by atoms with Gasteiger partial charge in [0.15, 0.2) is 29.6 Å². The second-order valence-corrected chi connectivity index (χ2v) is 19.1. The largest absolute Gasteiger partial charge is 0.443 e. The van der Waals surface area contributed by atoms with Crippen LogP contribution < -0.4 is 0 Å². The van der Waals surface area contributed by atoms with Crippen LogP contribution in [0.25, 0.3) is 0 Å². The van der Waals surface area contributed by atoms with Crippen LogP contribution in [0, 0.1) is 47.3 Å². The standard InChI is InChI=1S/C38H59F3O10S/c1-22-10-12-28-24(3)34(7,46-30-35(28)26(22)14-16-32(5,44-30)48-50-35)42-18-8-20-52-21-9-19-43-37(38(39,40)41)25(4)29-13-11-23(2)27-15-17-33(6)45-31(47-37)36(27,29)51-49-33/h22-31H,8-21H2,1-7H3/t22-,23-,24-,25-,26+,27+,28+,29+,30+,31+,32-,33-,34+,35-,36-,37-/m1/s1. The zero-order valence-electron chi connectivity index (χ0n) is 31.8. The van der Waals surface area contributed by atoms with E-state index in [1.54, 1.807) is 25.6 Å². The van der Waals surface area contributed by atoms with Crippen LogP contribution >= 0.6 is 11.8 Å². The van der Waals surface area contributed by atoms with Gasteiger partial charge in [-0.3, -0.25) is 0 Å². The van der Waals surface area contributed by atoms with Crippen molar-refractivity contribution < 1.29 is 61.1 Å². The number of hydrogen-bond acceptors (Lipinski definition) is 11. The maximum absolute atomic E-state index is 15.1. The molecule has 8 saturated heterocycles. The summed E-state index contributed by atoms with van der Waals surface area (Å²) in [4.78, 5) is 24.0. The van der Waals surface area contributed by atoms with E-state index >= 15 is 13.2 Å². The summed E-state index contributed by atoms with van der Waals surface area (Å²) in [7, 11) is 0. The lowest BCUT2D eigenvalue weighted by molar-refractivity contribution is -0.598. The average molecular weight is 765 g/mol. The first-order chi connectivity index (χ1) is 24.5. The van der Waals surface area contributed by atoms with Crippen molar-refractivity contribution in [3.63, 3.8) is 0 Å². The summed E-state index contributed by atoms with van der Waals surface area (Å²) in [6.45, 7) is 14.3. The molecule has 0 aromatic rings. The predicted molar refractivity (Wildman–Crippen MR) is 182 cm³/mol. The molecular formula is C38H59F3O10S. The molecular weight excluding hydrogens is 705 g/mol. The second kappa shape index (κ2) is 13.4. The van der Waals surface area contributed by atoms with E-state index in [1.165, 1.54) is 0 Å². The molecule has 8 heterocycles. The zero-order chi connectivity index (χ0) is 37.0. The highest BCUT2D eigenvalue weighted by molar-refractivity contribution is 7.99. The summed E-state index contributed by atoms with van der Waals surface area (Å²) in [5.74, 6) is -4.49. The van der Waals surface area contributed by atoms with E-state index in [9.17, 15) is 0 Å². The highest BCUT2D eigenvalue weighted by atomic mass is 32.2. The van der Waals surface area contributed by atoms with Gasteiger partial charge in [-0.1, -0.05) is 27.7 Å². The molecule has 10 fully saturated rings. The predicted octanol–water partition coefficient (Wildman–Crippen LogP) is 8.27. The van der Waals surface area contributed by atoms with Crippen LogP contribution in [0.5, 0.6) is 0 Å². The number of thioether (sulfide) groups is 1. The van der Waals surface area contributed by atoms with E-state index in [4.69, 9.17) is 48.0 Å². The van der Waals surface area contributed by atoms with Crippen LogP contribution in [0.2, 0.25) is 0 Å². The van der Waals surface area contributed by atoms with Gasteiger partial charge in [0.25, 0.3) is 5.79 Å². The van der Waals surface area contributed by atoms with Gasteiger partial charge in [-0.05, 0) is 107 Å². The normalized spacial score (nSPS) is 53.9. The summed E-state index contributed by atoms with van der Waals surface area (Å²) < 4.78 is 83.0. The van der Waals surface area contributed by atoms with Gasteiger partial charge in [0.05, 0.1) is 13.2 Å². The molecule has 2 spiro atoms. The number of hydrogen-bond donors (Lipinski definition) is 0. The number of alkyl halides is 3. The van der Waals surface area contributed by atoms with Crippen LogP contribution in [0.3, 0.4) is 0 Å². The molecule has 10 nitrogen and oxygen atoms in total. The zero-order valence-corrected chi connectivity index (χ0v) is 32.6. The minimum atomic E-state index is -4.77. The fourth-order valence-electron chi connectivity index (χ4n) is 11.6. The first-order valence-corrected chi connectivity index (χ1v) is 21.1. The summed E-state index contributed by atoms with van der Waals surface area (Å²) in [5, 5.41) is 0. The van der Waals surface area contributed by atoms with Crippen LogP contribution in [0.15, 0.2) is 0 Å². The Bertz CT molecular complexity index is 1330. The Hall–Kier alpha value is -0.260. The molecule has 0 aromatic carbocycles. The third-order valence-electron chi connectivity index (χ3n) is 14.8. The molecule has 2 aliphatic carbocycles. The van der Waals surface area contributed by atoms with Gasteiger partial charge in [0, 0.05) is 36.5 Å². The molecule has 4 bridgehead atoms. The lowest BCUT2D eigenvalue weighted by atomic mass is 9.57.